The fourth-order valence-corrected chi connectivity index (χ4v) is 3.50. The zero-order valence-corrected chi connectivity index (χ0v) is 15.9. The van der Waals surface area contributed by atoms with Crippen molar-refractivity contribution >= 4 is 45.1 Å². The van der Waals surface area contributed by atoms with E-state index in [0.29, 0.717) is 20.1 Å². The van der Waals surface area contributed by atoms with Crippen molar-refractivity contribution in [3.05, 3.63) is 55.0 Å². The molecule has 2 N–H and O–H groups in total. The molecule has 5 nitrogen and oxygen atoms in total. The van der Waals surface area contributed by atoms with Crippen LogP contribution >= 0.6 is 39.1 Å². The highest BCUT2D eigenvalue weighted by atomic mass is 79.9. The number of benzene rings is 1. The molecule has 126 valence electrons. The van der Waals surface area contributed by atoms with Crippen molar-refractivity contribution in [1.82, 2.24) is 0 Å². The highest BCUT2D eigenvalue weighted by molar-refractivity contribution is 9.10. The first-order valence-electron chi connectivity index (χ1n) is 6.91. The van der Waals surface area contributed by atoms with Gasteiger partial charge in [-0.1, -0.05) is 23.2 Å². The molecule has 0 fully saturated rings. The maximum absolute atomic E-state index is 12.4. The maximum Gasteiger partial charge on any atom is 0.338 e. The van der Waals surface area contributed by atoms with Crippen molar-refractivity contribution in [1.29, 1.82) is 5.26 Å². The Hall–Kier alpha value is -1.68. The second kappa shape index (κ2) is 7.47. The second-order valence-electron chi connectivity index (χ2n) is 4.91. The number of rotatable bonds is 3. The highest BCUT2D eigenvalue weighted by Gasteiger charge is 2.37. The van der Waals surface area contributed by atoms with Gasteiger partial charge in [0.05, 0.1) is 23.1 Å². The summed E-state index contributed by atoms with van der Waals surface area (Å²) in [5.41, 5.74) is 6.53. The molecule has 0 amide bonds. The summed E-state index contributed by atoms with van der Waals surface area (Å²) in [6, 6.07) is 5.19. The van der Waals surface area contributed by atoms with E-state index in [4.69, 9.17) is 38.4 Å². The predicted molar refractivity (Wildman–Crippen MR) is 94.1 cm³/mol. The number of halogens is 3. The lowest BCUT2D eigenvalue weighted by Gasteiger charge is -2.27. The third kappa shape index (κ3) is 3.39. The van der Waals surface area contributed by atoms with Crippen LogP contribution in [0.25, 0.3) is 0 Å². The van der Waals surface area contributed by atoms with Gasteiger partial charge < -0.3 is 15.2 Å². The van der Waals surface area contributed by atoms with Crippen LogP contribution in [0.5, 0.6) is 0 Å². The average molecular weight is 432 g/mol. The van der Waals surface area contributed by atoms with Crippen LogP contribution in [0.1, 0.15) is 25.3 Å². The van der Waals surface area contributed by atoms with E-state index < -0.39 is 11.9 Å². The van der Waals surface area contributed by atoms with Crippen LogP contribution in [0.2, 0.25) is 10.0 Å². The number of esters is 1. The Kier molecular flexibility index (Phi) is 5.81. The Labute approximate surface area is 157 Å². The van der Waals surface area contributed by atoms with Gasteiger partial charge >= 0.3 is 5.97 Å². The number of nitriles is 1. The monoisotopic (exact) mass is 430 g/mol. The van der Waals surface area contributed by atoms with Gasteiger partial charge in [0.15, 0.2) is 0 Å². The molecule has 0 radical (unpaired) electrons. The minimum atomic E-state index is -0.828. The summed E-state index contributed by atoms with van der Waals surface area (Å²) < 4.78 is 11.0. The van der Waals surface area contributed by atoms with Crippen LogP contribution in [0, 0.1) is 11.3 Å². The van der Waals surface area contributed by atoms with Gasteiger partial charge in [-0.3, -0.25) is 0 Å². The standard InChI is InChI=1S/C16H13BrCl2N2O3/c1-3-23-16(22)12-7(2)24-15(21)10(6-20)13(12)9-4-8(18)5-11(17)14(9)19/h4-5,13H,3,21H2,1-2H3. The van der Waals surface area contributed by atoms with Crippen molar-refractivity contribution < 1.29 is 14.3 Å². The molecule has 1 aliphatic rings. The number of nitrogens with zero attached hydrogens (tertiary/aromatic N) is 1. The summed E-state index contributed by atoms with van der Waals surface area (Å²) >= 11 is 15.8. The van der Waals surface area contributed by atoms with Crippen LogP contribution in [-0.2, 0) is 14.3 Å². The average Bonchev–Trinajstić information content (AvgIpc) is 2.50. The first-order valence-corrected chi connectivity index (χ1v) is 8.46. The van der Waals surface area contributed by atoms with Crippen LogP contribution < -0.4 is 5.73 Å². The molecule has 0 spiro atoms. The molecule has 2 rings (SSSR count). The molecule has 0 aliphatic carbocycles. The lowest BCUT2D eigenvalue weighted by atomic mass is 9.83. The first-order chi connectivity index (χ1) is 11.3. The molecule has 1 heterocycles. The second-order valence-corrected chi connectivity index (χ2v) is 6.57. The molecule has 0 bridgehead atoms. The smallest absolute Gasteiger partial charge is 0.338 e. The zero-order chi connectivity index (χ0) is 18.0. The van der Waals surface area contributed by atoms with Gasteiger partial charge in [0.1, 0.15) is 17.4 Å². The summed E-state index contributed by atoms with van der Waals surface area (Å²) in [4.78, 5) is 12.4. The van der Waals surface area contributed by atoms with Crippen molar-refractivity contribution in [2.45, 2.75) is 19.8 Å². The van der Waals surface area contributed by atoms with E-state index >= 15 is 0 Å². The van der Waals surface area contributed by atoms with Gasteiger partial charge in [0, 0.05) is 9.50 Å². The van der Waals surface area contributed by atoms with Gasteiger partial charge in [-0.15, -0.1) is 0 Å². The van der Waals surface area contributed by atoms with Crippen LogP contribution in [0.15, 0.2) is 39.4 Å². The van der Waals surface area contributed by atoms with Gasteiger partial charge in [-0.2, -0.15) is 5.26 Å². The quantitative estimate of drug-likeness (QED) is 0.566. The number of ether oxygens (including phenoxy) is 2. The number of carbonyl (C=O) groups is 1. The summed E-state index contributed by atoms with van der Waals surface area (Å²) in [5, 5.41) is 10.2. The molecule has 1 aromatic rings. The topological polar surface area (TPSA) is 85.3 Å². The third-order valence-corrected chi connectivity index (χ3v) is 4.93. The van der Waals surface area contributed by atoms with Crippen molar-refractivity contribution in [2.24, 2.45) is 5.73 Å². The Morgan fingerprint density at radius 2 is 2.17 bits per heavy atom. The number of allylic oxidation sites excluding steroid dienone is 2. The fraction of sp³-hybridized carbons (Fsp3) is 0.250. The van der Waals surface area contributed by atoms with Crippen LogP contribution in [-0.4, -0.2) is 12.6 Å². The molecule has 0 aromatic heterocycles. The summed E-state index contributed by atoms with van der Waals surface area (Å²) in [7, 11) is 0. The molecule has 1 aliphatic heterocycles. The lowest BCUT2D eigenvalue weighted by molar-refractivity contribution is -0.139. The van der Waals surface area contributed by atoms with E-state index in [1.165, 1.54) is 0 Å². The largest absolute Gasteiger partial charge is 0.463 e. The number of hydrogen-bond donors (Lipinski definition) is 1. The molecule has 1 atom stereocenters. The Morgan fingerprint density at radius 3 is 2.75 bits per heavy atom. The zero-order valence-electron chi connectivity index (χ0n) is 12.8. The van der Waals surface area contributed by atoms with E-state index in [9.17, 15) is 10.1 Å². The van der Waals surface area contributed by atoms with Crippen molar-refractivity contribution in [3.8, 4) is 6.07 Å². The van der Waals surface area contributed by atoms with Crippen molar-refractivity contribution in [3.63, 3.8) is 0 Å². The Morgan fingerprint density at radius 1 is 1.50 bits per heavy atom. The van der Waals surface area contributed by atoms with E-state index in [2.05, 4.69) is 15.9 Å². The van der Waals surface area contributed by atoms with Gasteiger partial charge in [-0.25, -0.2) is 4.79 Å². The Balaban J connectivity index is 2.75. The lowest BCUT2D eigenvalue weighted by Crippen LogP contribution is -2.25. The SMILES string of the molecule is CCOC(=O)C1=C(C)OC(N)=C(C#N)C1c1cc(Cl)cc(Br)c1Cl. The van der Waals surface area contributed by atoms with E-state index in [0.717, 1.165) is 0 Å². The third-order valence-electron chi connectivity index (χ3n) is 3.43. The van der Waals surface area contributed by atoms with E-state index in [-0.39, 0.29) is 29.4 Å². The van der Waals surface area contributed by atoms with Gasteiger partial charge in [-0.05, 0) is 47.5 Å². The molecular weight excluding hydrogens is 419 g/mol. The van der Waals surface area contributed by atoms with E-state index in [1.54, 1.807) is 26.0 Å². The predicted octanol–water partition coefficient (Wildman–Crippen LogP) is 4.40. The molecule has 8 heteroatoms. The highest BCUT2D eigenvalue weighted by Crippen LogP contribution is 2.44. The van der Waals surface area contributed by atoms with Gasteiger partial charge in [0.25, 0.3) is 0 Å². The Bertz CT molecular complexity index is 812. The normalized spacial score (nSPS) is 17.4. The van der Waals surface area contributed by atoms with Gasteiger partial charge in [0.2, 0.25) is 5.88 Å². The van der Waals surface area contributed by atoms with Crippen LogP contribution in [0.3, 0.4) is 0 Å². The van der Waals surface area contributed by atoms with Crippen LogP contribution in [0.4, 0.5) is 0 Å². The number of hydrogen-bond acceptors (Lipinski definition) is 5. The minimum Gasteiger partial charge on any atom is -0.463 e. The molecule has 0 saturated carbocycles. The number of carbonyl (C=O) groups excluding carboxylic acids is 1. The minimum absolute atomic E-state index is 0.0692. The first kappa shape index (κ1) is 18.7. The van der Waals surface area contributed by atoms with Crippen molar-refractivity contribution in [2.75, 3.05) is 6.61 Å². The maximum atomic E-state index is 12.4. The van der Waals surface area contributed by atoms with E-state index in [1.807, 2.05) is 6.07 Å². The fourth-order valence-electron chi connectivity index (χ4n) is 2.45. The molecule has 0 saturated heterocycles. The summed E-state index contributed by atoms with van der Waals surface area (Å²) in [6.07, 6.45) is 0. The summed E-state index contributed by atoms with van der Waals surface area (Å²) in [5.74, 6) is -1.26. The molecule has 1 unspecified atom stereocenters. The molecular formula is C16H13BrCl2N2O3. The number of nitrogens with two attached hydrogens (primary N) is 1. The molecule has 24 heavy (non-hydrogen) atoms. The summed E-state index contributed by atoms with van der Waals surface area (Å²) in [6.45, 7) is 3.44. The molecule has 1 aromatic carbocycles.